The first-order chi connectivity index (χ1) is 11.9. The zero-order valence-corrected chi connectivity index (χ0v) is 15.8. The van der Waals surface area contributed by atoms with E-state index < -0.39 is 5.91 Å². The van der Waals surface area contributed by atoms with Crippen molar-refractivity contribution in [1.82, 2.24) is 15.3 Å². The number of ketones is 1. The Bertz CT molecular complexity index is 611. The summed E-state index contributed by atoms with van der Waals surface area (Å²) in [6.45, 7) is 5.66. The Kier molecular flexibility index (Phi) is 6.91. The van der Waals surface area contributed by atoms with E-state index in [1.165, 1.54) is 32.1 Å². The lowest BCUT2D eigenvalue weighted by atomic mass is 9.95. The molecule has 0 unspecified atom stereocenters. The number of amides is 1. The van der Waals surface area contributed by atoms with Gasteiger partial charge in [-0.3, -0.25) is 9.59 Å². The SMILES string of the molecule is CCCC(=O)C(=O)N[C@@H](C)c1cnc(N(C)C2CCCCC2)nc1C. The Morgan fingerprint density at radius 3 is 2.60 bits per heavy atom. The quantitative estimate of drug-likeness (QED) is 0.768. The van der Waals surface area contributed by atoms with Crippen LogP contribution in [0.5, 0.6) is 0 Å². The highest BCUT2D eigenvalue weighted by Gasteiger charge is 2.22. The van der Waals surface area contributed by atoms with Crippen molar-refractivity contribution in [1.29, 1.82) is 0 Å². The van der Waals surface area contributed by atoms with Crippen molar-refractivity contribution in [2.45, 2.75) is 77.8 Å². The average Bonchev–Trinajstić information content (AvgIpc) is 2.61. The smallest absolute Gasteiger partial charge is 0.287 e. The van der Waals surface area contributed by atoms with Crippen LogP contribution in [-0.2, 0) is 9.59 Å². The number of nitrogens with one attached hydrogen (secondary N) is 1. The number of nitrogens with zero attached hydrogens (tertiary/aromatic N) is 3. The van der Waals surface area contributed by atoms with Crippen LogP contribution in [0.1, 0.15) is 76.1 Å². The summed E-state index contributed by atoms with van der Waals surface area (Å²) in [5.41, 5.74) is 1.68. The van der Waals surface area contributed by atoms with Crippen LogP contribution in [0.4, 0.5) is 5.95 Å². The zero-order chi connectivity index (χ0) is 18.4. The summed E-state index contributed by atoms with van der Waals surface area (Å²) in [6.07, 6.45) is 8.94. The number of rotatable bonds is 7. The number of hydrogen-bond acceptors (Lipinski definition) is 5. The van der Waals surface area contributed by atoms with Gasteiger partial charge in [0.15, 0.2) is 0 Å². The van der Waals surface area contributed by atoms with Gasteiger partial charge in [-0.1, -0.05) is 26.2 Å². The van der Waals surface area contributed by atoms with E-state index in [1.54, 1.807) is 6.20 Å². The highest BCUT2D eigenvalue weighted by atomic mass is 16.2. The number of carbonyl (C=O) groups is 2. The molecule has 0 aliphatic heterocycles. The molecule has 1 atom stereocenters. The molecular weight excluding hydrogens is 316 g/mol. The lowest BCUT2D eigenvalue weighted by Gasteiger charge is -2.31. The Hall–Kier alpha value is -1.98. The van der Waals surface area contributed by atoms with E-state index >= 15 is 0 Å². The fourth-order valence-electron chi connectivity index (χ4n) is 3.39. The molecule has 6 nitrogen and oxygen atoms in total. The molecule has 1 N–H and O–H groups in total. The molecule has 0 bridgehead atoms. The molecule has 0 spiro atoms. The van der Waals surface area contributed by atoms with Gasteiger partial charge in [0.1, 0.15) is 0 Å². The first-order valence-electron chi connectivity index (χ1n) is 9.34. The highest BCUT2D eigenvalue weighted by Crippen LogP contribution is 2.25. The molecule has 25 heavy (non-hydrogen) atoms. The second-order valence-corrected chi connectivity index (χ2v) is 6.98. The molecule has 138 valence electrons. The van der Waals surface area contributed by atoms with Gasteiger partial charge in [-0.2, -0.15) is 0 Å². The molecule has 2 rings (SSSR count). The molecule has 1 amide bonds. The van der Waals surface area contributed by atoms with Crippen LogP contribution >= 0.6 is 0 Å². The van der Waals surface area contributed by atoms with Gasteiger partial charge in [0.25, 0.3) is 5.91 Å². The third kappa shape index (κ3) is 5.00. The number of carbonyl (C=O) groups excluding carboxylic acids is 2. The number of aryl methyl sites for hydroxylation is 1. The summed E-state index contributed by atoms with van der Waals surface area (Å²) in [5, 5.41) is 2.75. The fourth-order valence-corrected chi connectivity index (χ4v) is 3.39. The lowest BCUT2D eigenvalue weighted by Crippen LogP contribution is -2.35. The van der Waals surface area contributed by atoms with E-state index in [-0.39, 0.29) is 18.2 Å². The second-order valence-electron chi connectivity index (χ2n) is 6.98. The minimum absolute atomic E-state index is 0.277. The van der Waals surface area contributed by atoms with Gasteiger partial charge >= 0.3 is 0 Å². The zero-order valence-electron chi connectivity index (χ0n) is 15.8. The van der Waals surface area contributed by atoms with Gasteiger partial charge in [-0.05, 0) is 33.1 Å². The van der Waals surface area contributed by atoms with Crippen LogP contribution in [0, 0.1) is 6.92 Å². The number of hydrogen-bond donors (Lipinski definition) is 1. The van der Waals surface area contributed by atoms with E-state index in [4.69, 9.17) is 0 Å². The van der Waals surface area contributed by atoms with E-state index in [0.717, 1.165) is 17.2 Å². The number of Topliss-reactive ketones (excluding diaryl/α,β-unsaturated/α-hetero) is 1. The maximum atomic E-state index is 11.9. The van der Waals surface area contributed by atoms with Gasteiger partial charge in [-0.15, -0.1) is 0 Å². The first kappa shape index (κ1) is 19.3. The van der Waals surface area contributed by atoms with E-state index in [0.29, 0.717) is 12.5 Å². The molecule has 1 aromatic heterocycles. The van der Waals surface area contributed by atoms with Gasteiger partial charge in [0, 0.05) is 37.0 Å². The van der Waals surface area contributed by atoms with Gasteiger partial charge in [0.2, 0.25) is 11.7 Å². The number of anilines is 1. The summed E-state index contributed by atoms with van der Waals surface area (Å²) >= 11 is 0. The summed E-state index contributed by atoms with van der Waals surface area (Å²) in [4.78, 5) is 34.9. The van der Waals surface area contributed by atoms with Gasteiger partial charge < -0.3 is 10.2 Å². The minimum atomic E-state index is -0.530. The van der Waals surface area contributed by atoms with Crippen molar-refractivity contribution in [3.8, 4) is 0 Å². The van der Waals surface area contributed by atoms with Crippen LogP contribution in [0.25, 0.3) is 0 Å². The predicted molar refractivity (Wildman–Crippen MR) is 98.5 cm³/mol. The standard InChI is InChI=1S/C19H30N4O2/c1-5-9-17(24)18(25)21-13(2)16-12-20-19(22-14(16)3)23(4)15-10-7-6-8-11-15/h12-13,15H,5-11H2,1-4H3,(H,21,25)/t13-/m0/s1. The Balaban J connectivity index is 2.05. The third-order valence-corrected chi connectivity index (χ3v) is 4.99. The van der Waals surface area contributed by atoms with Crippen LogP contribution in [0.3, 0.4) is 0 Å². The van der Waals surface area contributed by atoms with Crippen molar-refractivity contribution in [3.05, 3.63) is 17.5 Å². The minimum Gasteiger partial charge on any atom is -0.343 e. The second kappa shape index (κ2) is 8.92. The van der Waals surface area contributed by atoms with Gasteiger partial charge in [-0.25, -0.2) is 9.97 Å². The van der Waals surface area contributed by atoms with Crippen LogP contribution in [0.15, 0.2) is 6.20 Å². The molecule has 0 aromatic carbocycles. The van der Waals surface area contributed by atoms with E-state index in [9.17, 15) is 9.59 Å². The summed E-state index contributed by atoms with van der Waals surface area (Å²) in [7, 11) is 2.05. The van der Waals surface area contributed by atoms with E-state index in [1.807, 2.05) is 20.8 Å². The predicted octanol–water partition coefficient (Wildman–Crippen LogP) is 3.10. The van der Waals surface area contributed by atoms with Crippen molar-refractivity contribution in [2.75, 3.05) is 11.9 Å². The molecule has 1 aromatic rings. The molecule has 6 heteroatoms. The average molecular weight is 346 g/mol. The maximum absolute atomic E-state index is 11.9. The molecule has 0 saturated heterocycles. The molecule has 0 radical (unpaired) electrons. The molecule has 1 aliphatic rings. The molecular formula is C19H30N4O2. The van der Waals surface area contributed by atoms with Crippen LogP contribution in [-0.4, -0.2) is 34.7 Å². The topological polar surface area (TPSA) is 75.2 Å². The molecule has 1 fully saturated rings. The van der Waals surface area contributed by atoms with Crippen LogP contribution < -0.4 is 10.2 Å². The van der Waals surface area contributed by atoms with Crippen molar-refractivity contribution in [3.63, 3.8) is 0 Å². The van der Waals surface area contributed by atoms with Crippen molar-refractivity contribution < 1.29 is 9.59 Å². The number of aromatic nitrogens is 2. The van der Waals surface area contributed by atoms with E-state index in [2.05, 4.69) is 27.2 Å². The summed E-state index contributed by atoms with van der Waals surface area (Å²) in [5.74, 6) is -0.174. The Morgan fingerprint density at radius 1 is 1.32 bits per heavy atom. The molecule has 1 saturated carbocycles. The highest BCUT2D eigenvalue weighted by molar-refractivity contribution is 6.36. The molecule has 1 aliphatic carbocycles. The monoisotopic (exact) mass is 346 g/mol. The van der Waals surface area contributed by atoms with Crippen LogP contribution in [0.2, 0.25) is 0 Å². The van der Waals surface area contributed by atoms with Crippen molar-refractivity contribution >= 4 is 17.6 Å². The normalized spacial score (nSPS) is 16.3. The third-order valence-electron chi connectivity index (χ3n) is 4.99. The lowest BCUT2D eigenvalue weighted by molar-refractivity contribution is -0.138. The summed E-state index contributed by atoms with van der Waals surface area (Å²) in [6, 6.07) is 0.213. The first-order valence-corrected chi connectivity index (χ1v) is 9.34. The Labute approximate surface area is 150 Å². The molecule has 1 heterocycles. The maximum Gasteiger partial charge on any atom is 0.287 e. The summed E-state index contributed by atoms with van der Waals surface area (Å²) < 4.78 is 0. The van der Waals surface area contributed by atoms with Gasteiger partial charge in [0.05, 0.1) is 6.04 Å². The largest absolute Gasteiger partial charge is 0.343 e. The fraction of sp³-hybridized carbons (Fsp3) is 0.684. The Morgan fingerprint density at radius 2 is 2.00 bits per heavy atom. The van der Waals surface area contributed by atoms with Crippen molar-refractivity contribution in [2.24, 2.45) is 0 Å².